The van der Waals surface area contributed by atoms with Crippen molar-refractivity contribution < 1.29 is 4.79 Å². The van der Waals surface area contributed by atoms with Gasteiger partial charge in [-0.2, -0.15) is 5.10 Å². The number of carbonyl (C=O) groups excluding carboxylic acids is 1. The molecule has 0 radical (unpaired) electrons. The van der Waals surface area contributed by atoms with Crippen molar-refractivity contribution in [2.75, 3.05) is 31.1 Å². The molecule has 1 aliphatic heterocycles. The molecule has 1 saturated heterocycles. The van der Waals surface area contributed by atoms with Gasteiger partial charge in [-0.15, -0.1) is 0 Å². The number of hydrogen-bond acceptors (Lipinski definition) is 4. The molecule has 7 nitrogen and oxygen atoms in total. The van der Waals surface area contributed by atoms with Crippen molar-refractivity contribution in [2.45, 2.75) is 26.3 Å². The molecule has 2 aromatic heterocycles. The highest BCUT2D eigenvalue weighted by Gasteiger charge is 2.23. The number of halogens is 1. The van der Waals surface area contributed by atoms with Crippen LogP contribution in [0.15, 0.2) is 24.4 Å². The Morgan fingerprint density at radius 3 is 2.72 bits per heavy atom. The molecule has 3 heterocycles. The van der Waals surface area contributed by atoms with Crippen molar-refractivity contribution >= 4 is 23.4 Å². The maximum Gasteiger partial charge on any atom is 0.317 e. The van der Waals surface area contributed by atoms with Crippen molar-refractivity contribution in [3.05, 3.63) is 40.8 Å². The van der Waals surface area contributed by atoms with Gasteiger partial charge in [0.1, 0.15) is 5.82 Å². The van der Waals surface area contributed by atoms with Gasteiger partial charge in [0.05, 0.1) is 10.7 Å². The van der Waals surface area contributed by atoms with Gasteiger partial charge in [-0.05, 0) is 32.0 Å². The summed E-state index contributed by atoms with van der Waals surface area (Å²) in [5, 5.41) is 10.8. The van der Waals surface area contributed by atoms with Gasteiger partial charge in [-0.1, -0.05) is 11.6 Å². The van der Waals surface area contributed by atoms with E-state index in [2.05, 4.69) is 25.4 Å². The van der Waals surface area contributed by atoms with Crippen LogP contribution in [0, 0.1) is 6.92 Å². The molecule has 0 spiro atoms. The van der Waals surface area contributed by atoms with Crippen molar-refractivity contribution in [2.24, 2.45) is 0 Å². The fourth-order valence-electron chi connectivity index (χ4n) is 2.94. The predicted molar refractivity (Wildman–Crippen MR) is 98.1 cm³/mol. The monoisotopic (exact) mass is 362 g/mol. The lowest BCUT2D eigenvalue weighted by Gasteiger charge is -2.35. The first-order chi connectivity index (χ1) is 12.0. The Kier molecular flexibility index (Phi) is 5.43. The van der Waals surface area contributed by atoms with Crippen LogP contribution in [0.1, 0.15) is 18.3 Å². The Hall–Kier alpha value is -2.28. The number of aromatic amines is 1. The maximum absolute atomic E-state index is 12.4. The van der Waals surface area contributed by atoms with E-state index in [1.807, 2.05) is 36.9 Å². The highest BCUT2D eigenvalue weighted by molar-refractivity contribution is 6.30. The molecule has 2 N–H and O–H groups in total. The minimum absolute atomic E-state index is 0.0246. The topological polar surface area (TPSA) is 77.2 Å². The van der Waals surface area contributed by atoms with E-state index >= 15 is 0 Å². The molecule has 25 heavy (non-hydrogen) atoms. The van der Waals surface area contributed by atoms with E-state index in [0.717, 1.165) is 30.3 Å². The van der Waals surface area contributed by atoms with E-state index in [-0.39, 0.29) is 12.1 Å². The average molecular weight is 363 g/mol. The van der Waals surface area contributed by atoms with Crippen molar-refractivity contribution in [3.63, 3.8) is 0 Å². The number of pyridine rings is 1. The largest absolute Gasteiger partial charge is 0.353 e. The third kappa shape index (κ3) is 4.63. The quantitative estimate of drug-likeness (QED) is 0.874. The van der Waals surface area contributed by atoms with Crippen LogP contribution in [0.25, 0.3) is 0 Å². The van der Waals surface area contributed by atoms with Gasteiger partial charge in [-0.25, -0.2) is 9.78 Å². The summed E-state index contributed by atoms with van der Waals surface area (Å²) < 4.78 is 0. The number of rotatable bonds is 4. The smallest absolute Gasteiger partial charge is 0.317 e. The Morgan fingerprint density at radius 1 is 1.36 bits per heavy atom. The lowest BCUT2D eigenvalue weighted by atomic mass is 10.2. The van der Waals surface area contributed by atoms with Crippen LogP contribution in [0.3, 0.4) is 0 Å². The number of urea groups is 1. The first kappa shape index (κ1) is 17.5. The molecule has 2 aromatic rings. The van der Waals surface area contributed by atoms with Gasteiger partial charge in [0.15, 0.2) is 0 Å². The van der Waals surface area contributed by atoms with Gasteiger partial charge in [0, 0.05) is 50.5 Å². The SMILES string of the molecule is Cc1cc(CC(C)NC(=O)N2CCN(c3ccc(Cl)cn3)CC2)n[nH]1. The predicted octanol–water partition coefficient (Wildman–Crippen LogP) is 2.23. The first-order valence-electron chi connectivity index (χ1n) is 8.44. The van der Waals surface area contributed by atoms with Gasteiger partial charge in [-0.3, -0.25) is 5.10 Å². The molecule has 1 fully saturated rings. The molecule has 8 heteroatoms. The number of aryl methyl sites for hydroxylation is 1. The summed E-state index contributed by atoms with van der Waals surface area (Å²) in [5.41, 5.74) is 1.99. The van der Waals surface area contributed by atoms with Crippen LogP contribution in [-0.2, 0) is 6.42 Å². The van der Waals surface area contributed by atoms with E-state index in [4.69, 9.17) is 11.6 Å². The summed E-state index contributed by atoms with van der Waals surface area (Å²) in [4.78, 5) is 20.8. The number of nitrogens with one attached hydrogen (secondary N) is 2. The molecule has 3 rings (SSSR count). The number of nitrogens with zero attached hydrogens (tertiary/aromatic N) is 4. The molecule has 0 saturated carbocycles. The third-order valence-electron chi connectivity index (χ3n) is 4.25. The Labute approximate surface area is 152 Å². The van der Waals surface area contributed by atoms with Gasteiger partial charge in [0.25, 0.3) is 0 Å². The number of hydrogen-bond donors (Lipinski definition) is 2. The average Bonchev–Trinajstić information content (AvgIpc) is 3.00. The minimum Gasteiger partial charge on any atom is -0.353 e. The Balaban J connectivity index is 1.47. The summed E-state index contributed by atoms with van der Waals surface area (Å²) in [6.45, 7) is 6.82. The zero-order valence-corrected chi connectivity index (χ0v) is 15.3. The molecule has 0 aromatic carbocycles. The molecular weight excluding hydrogens is 340 g/mol. The molecule has 1 unspecified atom stereocenters. The standard InChI is InChI=1S/C17H23ClN6O/c1-12(9-15-10-13(2)21-22-15)20-17(25)24-7-5-23(6-8-24)16-4-3-14(18)11-19-16/h3-4,10-12H,5-9H2,1-2H3,(H,20,25)(H,21,22). The van der Waals surface area contributed by atoms with E-state index in [0.29, 0.717) is 24.5 Å². The molecule has 1 atom stereocenters. The van der Waals surface area contributed by atoms with E-state index in [1.165, 1.54) is 0 Å². The van der Waals surface area contributed by atoms with E-state index in [9.17, 15) is 4.79 Å². The minimum atomic E-state index is -0.0246. The van der Waals surface area contributed by atoms with Crippen molar-refractivity contribution in [1.82, 2.24) is 25.4 Å². The van der Waals surface area contributed by atoms with Crippen LogP contribution >= 0.6 is 11.6 Å². The molecular formula is C17H23ClN6O. The number of piperazine rings is 1. The lowest BCUT2D eigenvalue weighted by molar-refractivity contribution is 0.191. The fourth-order valence-corrected chi connectivity index (χ4v) is 3.05. The Bertz CT molecular complexity index is 708. The highest BCUT2D eigenvalue weighted by atomic mass is 35.5. The van der Waals surface area contributed by atoms with E-state index in [1.54, 1.807) is 6.20 Å². The molecule has 0 aliphatic carbocycles. The van der Waals surface area contributed by atoms with Crippen molar-refractivity contribution in [3.8, 4) is 0 Å². The summed E-state index contributed by atoms with van der Waals surface area (Å²) in [6, 6.07) is 5.75. The summed E-state index contributed by atoms with van der Waals surface area (Å²) in [6.07, 6.45) is 2.36. The van der Waals surface area contributed by atoms with E-state index < -0.39 is 0 Å². The number of carbonyl (C=O) groups is 1. The molecule has 134 valence electrons. The molecule has 2 amide bonds. The van der Waals surface area contributed by atoms with Crippen LogP contribution in [0.4, 0.5) is 10.6 Å². The number of H-pyrrole nitrogens is 1. The second-order valence-corrected chi connectivity index (χ2v) is 6.84. The fraction of sp³-hybridized carbons (Fsp3) is 0.471. The van der Waals surface area contributed by atoms with Gasteiger partial charge >= 0.3 is 6.03 Å². The molecule has 1 aliphatic rings. The van der Waals surface area contributed by atoms with Gasteiger partial charge < -0.3 is 15.1 Å². The second-order valence-electron chi connectivity index (χ2n) is 6.41. The van der Waals surface area contributed by atoms with Gasteiger partial charge in [0.2, 0.25) is 0 Å². The summed E-state index contributed by atoms with van der Waals surface area (Å²) in [7, 11) is 0. The first-order valence-corrected chi connectivity index (χ1v) is 8.82. The zero-order valence-electron chi connectivity index (χ0n) is 14.5. The summed E-state index contributed by atoms with van der Waals surface area (Å²) >= 11 is 5.87. The number of amides is 2. The lowest BCUT2D eigenvalue weighted by Crippen LogP contribution is -2.53. The van der Waals surface area contributed by atoms with Crippen LogP contribution in [0.2, 0.25) is 5.02 Å². The highest BCUT2D eigenvalue weighted by Crippen LogP contribution is 2.16. The van der Waals surface area contributed by atoms with Crippen LogP contribution in [0.5, 0.6) is 0 Å². The Morgan fingerprint density at radius 2 is 2.12 bits per heavy atom. The second kappa shape index (κ2) is 7.74. The normalized spacial score (nSPS) is 16.0. The molecule has 0 bridgehead atoms. The van der Waals surface area contributed by atoms with Crippen LogP contribution in [-0.4, -0.2) is 58.3 Å². The number of anilines is 1. The maximum atomic E-state index is 12.4. The number of aromatic nitrogens is 3. The van der Waals surface area contributed by atoms with Crippen LogP contribution < -0.4 is 10.2 Å². The third-order valence-corrected chi connectivity index (χ3v) is 4.47. The summed E-state index contributed by atoms with van der Waals surface area (Å²) in [5.74, 6) is 0.895. The van der Waals surface area contributed by atoms with Crippen molar-refractivity contribution in [1.29, 1.82) is 0 Å². The zero-order chi connectivity index (χ0) is 17.8.